The number of nitro groups is 1. The Kier molecular flexibility index (Phi) is 3.68. The summed E-state index contributed by atoms with van der Waals surface area (Å²) in [6, 6.07) is 8.77. The van der Waals surface area contributed by atoms with Crippen molar-refractivity contribution < 1.29 is 18.1 Å². The third-order valence-electron chi connectivity index (χ3n) is 2.50. The highest BCUT2D eigenvalue weighted by molar-refractivity contribution is 7.79. The second kappa shape index (κ2) is 5.25. The fraction of sp³-hybridized carbons (Fsp3) is 0. The molecular weight excluding hydrogens is 273 g/mol. The van der Waals surface area contributed by atoms with Crippen molar-refractivity contribution in [1.82, 2.24) is 0 Å². The minimum absolute atomic E-state index is 0.00176. The van der Waals surface area contributed by atoms with E-state index >= 15 is 0 Å². The number of halogens is 1. The van der Waals surface area contributed by atoms with Crippen LogP contribution >= 0.6 is 0 Å². The van der Waals surface area contributed by atoms with E-state index < -0.39 is 21.8 Å². The van der Waals surface area contributed by atoms with Crippen molar-refractivity contribution in [2.24, 2.45) is 0 Å². The molecule has 0 bridgehead atoms. The molecule has 19 heavy (non-hydrogen) atoms. The molecule has 0 aliphatic carbocycles. The van der Waals surface area contributed by atoms with E-state index in [9.17, 15) is 18.7 Å². The van der Waals surface area contributed by atoms with E-state index in [4.69, 9.17) is 4.55 Å². The maximum atomic E-state index is 13.2. The third kappa shape index (κ3) is 2.83. The van der Waals surface area contributed by atoms with Crippen LogP contribution in [-0.4, -0.2) is 13.7 Å². The van der Waals surface area contributed by atoms with E-state index in [2.05, 4.69) is 0 Å². The SMILES string of the molecule is O=[N+]([O-])c1cccc(-c2cc(F)ccc2S(=O)O)c1. The van der Waals surface area contributed by atoms with Crippen LogP contribution in [0.5, 0.6) is 0 Å². The number of nitro benzene ring substituents is 1. The maximum Gasteiger partial charge on any atom is 0.270 e. The van der Waals surface area contributed by atoms with Gasteiger partial charge in [0.25, 0.3) is 5.69 Å². The van der Waals surface area contributed by atoms with E-state index in [1.807, 2.05) is 0 Å². The average molecular weight is 281 g/mol. The quantitative estimate of drug-likeness (QED) is 0.532. The molecule has 0 saturated carbocycles. The van der Waals surface area contributed by atoms with Gasteiger partial charge in [0, 0.05) is 17.7 Å². The first-order valence-corrected chi connectivity index (χ1v) is 6.25. The number of benzene rings is 2. The van der Waals surface area contributed by atoms with Crippen LogP contribution in [0.2, 0.25) is 0 Å². The van der Waals surface area contributed by atoms with Crippen LogP contribution in [0.25, 0.3) is 11.1 Å². The molecule has 7 heteroatoms. The van der Waals surface area contributed by atoms with E-state index in [-0.39, 0.29) is 16.1 Å². The lowest BCUT2D eigenvalue weighted by molar-refractivity contribution is -0.384. The molecule has 5 nitrogen and oxygen atoms in total. The molecule has 0 fully saturated rings. The summed E-state index contributed by atoms with van der Waals surface area (Å²) >= 11 is -2.30. The Balaban J connectivity index is 2.64. The Labute approximate surface area is 110 Å². The van der Waals surface area contributed by atoms with Gasteiger partial charge in [0.1, 0.15) is 5.82 Å². The second-order valence-corrected chi connectivity index (χ2v) is 4.64. The number of rotatable bonds is 3. The van der Waals surface area contributed by atoms with Crippen LogP contribution in [0, 0.1) is 15.9 Å². The van der Waals surface area contributed by atoms with Gasteiger partial charge in [0.2, 0.25) is 0 Å². The zero-order valence-electron chi connectivity index (χ0n) is 9.45. The first-order chi connectivity index (χ1) is 8.99. The summed E-state index contributed by atoms with van der Waals surface area (Å²) in [4.78, 5) is 10.1. The summed E-state index contributed by atoms with van der Waals surface area (Å²) in [5, 5.41) is 10.7. The van der Waals surface area contributed by atoms with Gasteiger partial charge in [-0.05, 0) is 23.8 Å². The number of hydrogen-bond donors (Lipinski definition) is 1. The largest absolute Gasteiger partial charge is 0.302 e. The molecule has 0 aromatic heterocycles. The zero-order chi connectivity index (χ0) is 14.0. The summed E-state index contributed by atoms with van der Waals surface area (Å²) in [6.07, 6.45) is 0. The van der Waals surface area contributed by atoms with Gasteiger partial charge in [0.05, 0.1) is 9.82 Å². The summed E-state index contributed by atoms with van der Waals surface area (Å²) in [5.74, 6) is -0.587. The first-order valence-electron chi connectivity index (χ1n) is 5.14. The van der Waals surface area contributed by atoms with Gasteiger partial charge in [0.15, 0.2) is 11.1 Å². The molecule has 0 radical (unpaired) electrons. The molecule has 0 heterocycles. The molecule has 98 valence electrons. The Morgan fingerprint density at radius 3 is 2.58 bits per heavy atom. The third-order valence-corrected chi connectivity index (χ3v) is 3.23. The van der Waals surface area contributed by atoms with Crippen molar-refractivity contribution in [3.63, 3.8) is 0 Å². The van der Waals surface area contributed by atoms with Gasteiger partial charge < -0.3 is 4.55 Å². The minimum Gasteiger partial charge on any atom is -0.302 e. The fourth-order valence-corrected chi connectivity index (χ4v) is 2.22. The summed E-state index contributed by atoms with van der Waals surface area (Å²) < 4.78 is 33.6. The van der Waals surface area contributed by atoms with Gasteiger partial charge >= 0.3 is 0 Å². The van der Waals surface area contributed by atoms with Crippen LogP contribution in [0.3, 0.4) is 0 Å². The molecule has 0 saturated heterocycles. The molecule has 2 aromatic carbocycles. The number of nitrogens with zero attached hydrogens (tertiary/aromatic N) is 1. The Morgan fingerprint density at radius 2 is 1.95 bits per heavy atom. The molecule has 0 aliphatic rings. The van der Waals surface area contributed by atoms with Crippen LogP contribution in [0.1, 0.15) is 0 Å². The van der Waals surface area contributed by atoms with Crippen LogP contribution in [-0.2, 0) is 11.1 Å². The standard InChI is InChI=1S/C12H8FNO4S/c13-9-4-5-12(19(17)18)11(7-9)8-2-1-3-10(6-8)14(15)16/h1-7H,(H,17,18). The normalized spacial score (nSPS) is 12.1. The summed E-state index contributed by atoms with van der Waals surface area (Å²) in [6.45, 7) is 0. The van der Waals surface area contributed by atoms with Crippen LogP contribution in [0.15, 0.2) is 47.4 Å². The van der Waals surface area contributed by atoms with E-state index in [1.165, 1.54) is 30.3 Å². The number of hydrogen-bond acceptors (Lipinski definition) is 3. The maximum absolute atomic E-state index is 13.2. The molecular formula is C12H8FNO4S. The van der Waals surface area contributed by atoms with Gasteiger partial charge in [-0.1, -0.05) is 12.1 Å². The lowest BCUT2D eigenvalue weighted by atomic mass is 10.0. The van der Waals surface area contributed by atoms with Crippen molar-refractivity contribution in [3.05, 3.63) is 58.4 Å². The Morgan fingerprint density at radius 1 is 1.21 bits per heavy atom. The predicted octanol–water partition coefficient (Wildman–Crippen LogP) is 2.98. The van der Waals surface area contributed by atoms with Crippen molar-refractivity contribution >= 4 is 16.8 Å². The van der Waals surface area contributed by atoms with Gasteiger partial charge in [-0.2, -0.15) is 0 Å². The molecule has 0 spiro atoms. The van der Waals surface area contributed by atoms with Crippen molar-refractivity contribution in [1.29, 1.82) is 0 Å². The molecule has 1 atom stereocenters. The smallest absolute Gasteiger partial charge is 0.270 e. The molecule has 0 aliphatic heterocycles. The average Bonchev–Trinajstić information content (AvgIpc) is 2.38. The molecule has 1 unspecified atom stereocenters. The molecule has 2 aromatic rings. The van der Waals surface area contributed by atoms with E-state index in [0.29, 0.717) is 5.56 Å². The Bertz CT molecular complexity index is 675. The van der Waals surface area contributed by atoms with Crippen molar-refractivity contribution in [2.75, 3.05) is 0 Å². The molecule has 0 amide bonds. The lowest BCUT2D eigenvalue weighted by Crippen LogP contribution is -1.95. The van der Waals surface area contributed by atoms with Gasteiger partial charge in [-0.15, -0.1) is 0 Å². The van der Waals surface area contributed by atoms with E-state index in [0.717, 1.165) is 12.1 Å². The summed E-state index contributed by atoms with van der Waals surface area (Å²) in [7, 11) is 0. The zero-order valence-corrected chi connectivity index (χ0v) is 10.3. The fourth-order valence-electron chi connectivity index (χ4n) is 1.67. The van der Waals surface area contributed by atoms with E-state index in [1.54, 1.807) is 0 Å². The lowest BCUT2D eigenvalue weighted by Gasteiger charge is -2.06. The minimum atomic E-state index is -2.30. The highest BCUT2D eigenvalue weighted by atomic mass is 32.2. The topological polar surface area (TPSA) is 80.4 Å². The first kappa shape index (κ1) is 13.3. The van der Waals surface area contributed by atoms with Crippen LogP contribution in [0.4, 0.5) is 10.1 Å². The second-order valence-electron chi connectivity index (χ2n) is 3.70. The number of non-ortho nitro benzene ring substituents is 1. The predicted molar refractivity (Wildman–Crippen MR) is 67.5 cm³/mol. The van der Waals surface area contributed by atoms with Crippen molar-refractivity contribution in [3.8, 4) is 11.1 Å². The molecule has 2 rings (SSSR count). The van der Waals surface area contributed by atoms with Gasteiger partial charge in [-0.25, -0.2) is 8.60 Å². The highest BCUT2D eigenvalue weighted by Crippen LogP contribution is 2.29. The van der Waals surface area contributed by atoms with Crippen molar-refractivity contribution in [2.45, 2.75) is 4.90 Å². The molecule has 1 N–H and O–H groups in total. The summed E-state index contributed by atoms with van der Waals surface area (Å²) in [5.41, 5.74) is 0.298. The Hall–Kier alpha value is -2.12. The monoisotopic (exact) mass is 281 g/mol. The van der Waals surface area contributed by atoms with Crippen LogP contribution < -0.4 is 0 Å². The van der Waals surface area contributed by atoms with Gasteiger partial charge in [-0.3, -0.25) is 10.1 Å². The highest BCUT2D eigenvalue weighted by Gasteiger charge is 2.14.